The van der Waals surface area contributed by atoms with Crippen molar-refractivity contribution < 1.29 is 13.6 Å². The molecule has 0 fully saturated rings. The topological polar surface area (TPSA) is 41.1 Å². The molecule has 1 aromatic rings. The molecule has 0 unspecified atom stereocenters. The molecule has 1 rings (SSSR count). The Hall–Kier alpha value is -1.49. The highest BCUT2D eigenvalue weighted by atomic mass is 19.1. The van der Waals surface area contributed by atoms with Crippen LogP contribution in [0.2, 0.25) is 0 Å². The number of halogens is 2. The van der Waals surface area contributed by atoms with E-state index in [-0.39, 0.29) is 12.5 Å². The third kappa shape index (κ3) is 3.27. The number of hydrogen-bond donors (Lipinski definition) is 2. The summed E-state index contributed by atoms with van der Waals surface area (Å²) in [6.07, 6.45) is 0. The van der Waals surface area contributed by atoms with Crippen LogP contribution in [0, 0.1) is 11.6 Å². The van der Waals surface area contributed by atoms with Crippen LogP contribution in [0.25, 0.3) is 0 Å². The molecular weight excluding hydrogens is 214 g/mol. The second-order valence-electron chi connectivity index (χ2n) is 3.45. The summed E-state index contributed by atoms with van der Waals surface area (Å²) in [6.45, 7) is 1.85. The van der Waals surface area contributed by atoms with Crippen molar-refractivity contribution in [2.45, 2.75) is 19.5 Å². The first-order valence-corrected chi connectivity index (χ1v) is 4.93. The zero-order chi connectivity index (χ0) is 12.1. The van der Waals surface area contributed by atoms with Crippen molar-refractivity contribution in [3.05, 3.63) is 35.4 Å². The number of carbonyl (C=O) groups excluding carboxylic acids is 1. The van der Waals surface area contributed by atoms with Crippen molar-refractivity contribution in [2.75, 3.05) is 7.05 Å². The zero-order valence-electron chi connectivity index (χ0n) is 9.18. The van der Waals surface area contributed by atoms with E-state index in [0.29, 0.717) is 5.56 Å². The molecule has 0 saturated carbocycles. The standard InChI is InChI=1S/C11H14F2N2O/c1-7(11(16)14-2)15-6-8-3-4-9(12)5-10(8)13/h3-5,7,15H,6H2,1-2H3,(H,14,16)/t7-/m1/s1. The highest BCUT2D eigenvalue weighted by Crippen LogP contribution is 2.09. The molecule has 0 heterocycles. The molecule has 88 valence electrons. The third-order valence-electron chi connectivity index (χ3n) is 2.25. The fourth-order valence-corrected chi connectivity index (χ4v) is 1.24. The first kappa shape index (κ1) is 12.6. The Morgan fingerprint density at radius 1 is 1.44 bits per heavy atom. The summed E-state index contributed by atoms with van der Waals surface area (Å²) < 4.78 is 25.8. The van der Waals surface area contributed by atoms with Crippen LogP contribution in [-0.4, -0.2) is 19.0 Å². The molecule has 0 aliphatic heterocycles. The van der Waals surface area contributed by atoms with Crippen molar-refractivity contribution in [1.82, 2.24) is 10.6 Å². The SMILES string of the molecule is CNC(=O)[C@@H](C)NCc1ccc(F)cc1F. The van der Waals surface area contributed by atoms with Crippen LogP contribution < -0.4 is 10.6 Å². The number of carbonyl (C=O) groups is 1. The monoisotopic (exact) mass is 228 g/mol. The summed E-state index contributed by atoms with van der Waals surface area (Å²) in [5, 5.41) is 5.30. The fourth-order valence-electron chi connectivity index (χ4n) is 1.24. The summed E-state index contributed by atoms with van der Waals surface area (Å²) in [5.41, 5.74) is 0.331. The van der Waals surface area contributed by atoms with Gasteiger partial charge in [0.15, 0.2) is 0 Å². The number of rotatable bonds is 4. The maximum absolute atomic E-state index is 13.2. The largest absolute Gasteiger partial charge is 0.358 e. The van der Waals surface area contributed by atoms with Gasteiger partial charge in [0.2, 0.25) is 5.91 Å². The van der Waals surface area contributed by atoms with E-state index in [1.165, 1.54) is 19.2 Å². The average Bonchev–Trinajstić information content (AvgIpc) is 2.26. The number of amides is 1. The molecule has 16 heavy (non-hydrogen) atoms. The minimum atomic E-state index is -0.614. The highest BCUT2D eigenvalue weighted by molar-refractivity contribution is 5.80. The van der Waals surface area contributed by atoms with E-state index in [1.807, 2.05) is 0 Å². The minimum absolute atomic E-state index is 0.178. The Kier molecular flexibility index (Phi) is 4.37. The zero-order valence-corrected chi connectivity index (χ0v) is 9.18. The van der Waals surface area contributed by atoms with Gasteiger partial charge in [-0.1, -0.05) is 6.07 Å². The van der Waals surface area contributed by atoms with Crippen LogP contribution in [0.5, 0.6) is 0 Å². The Morgan fingerprint density at radius 3 is 2.69 bits per heavy atom. The molecule has 0 radical (unpaired) electrons. The van der Waals surface area contributed by atoms with E-state index < -0.39 is 17.7 Å². The van der Waals surface area contributed by atoms with Crippen LogP contribution in [0.3, 0.4) is 0 Å². The summed E-state index contributed by atoms with van der Waals surface area (Å²) >= 11 is 0. The number of hydrogen-bond acceptors (Lipinski definition) is 2. The van der Waals surface area contributed by atoms with Gasteiger partial charge in [0.1, 0.15) is 11.6 Å². The third-order valence-corrected chi connectivity index (χ3v) is 2.25. The molecular formula is C11H14F2N2O. The first-order valence-electron chi connectivity index (χ1n) is 4.93. The molecule has 1 atom stereocenters. The molecule has 2 N–H and O–H groups in total. The van der Waals surface area contributed by atoms with Crippen molar-refractivity contribution in [1.29, 1.82) is 0 Å². The second-order valence-corrected chi connectivity index (χ2v) is 3.45. The Labute approximate surface area is 92.8 Å². The fraction of sp³-hybridized carbons (Fsp3) is 0.364. The van der Waals surface area contributed by atoms with E-state index in [2.05, 4.69) is 10.6 Å². The van der Waals surface area contributed by atoms with Gasteiger partial charge >= 0.3 is 0 Å². The van der Waals surface area contributed by atoms with E-state index in [0.717, 1.165) is 6.07 Å². The van der Waals surface area contributed by atoms with Gasteiger partial charge in [-0.05, 0) is 13.0 Å². The maximum Gasteiger partial charge on any atom is 0.236 e. The van der Waals surface area contributed by atoms with Crippen LogP contribution in [0.15, 0.2) is 18.2 Å². The lowest BCUT2D eigenvalue weighted by Gasteiger charge is -2.12. The van der Waals surface area contributed by atoms with Gasteiger partial charge in [0, 0.05) is 25.2 Å². The average molecular weight is 228 g/mol. The van der Waals surface area contributed by atoms with E-state index in [9.17, 15) is 13.6 Å². The van der Waals surface area contributed by atoms with Gasteiger partial charge < -0.3 is 10.6 Å². The molecule has 1 amide bonds. The molecule has 0 aliphatic carbocycles. The van der Waals surface area contributed by atoms with Gasteiger partial charge in [0.05, 0.1) is 6.04 Å². The highest BCUT2D eigenvalue weighted by Gasteiger charge is 2.11. The lowest BCUT2D eigenvalue weighted by Crippen LogP contribution is -2.40. The molecule has 0 aliphatic rings. The van der Waals surface area contributed by atoms with Gasteiger partial charge in [-0.25, -0.2) is 8.78 Å². The number of nitrogens with one attached hydrogen (secondary N) is 2. The van der Waals surface area contributed by atoms with E-state index >= 15 is 0 Å². The molecule has 3 nitrogen and oxygen atoms in total. The summed E-state index contributed by atoms with van der Waals surface area (Å²) in [6, 6.07) is 2.94. The van der Waals surface area contributed by atoms with E-state index in [4.69, 9.17) is 0 Å². The maximum atomic E-state index is 13.2. The Bertz CT molecular complexity index is 382. The minimum Gasteiger partial charge on any atom is -0.358 e. The molecule has 0 spiro atoms. The Balaban J connectivity index is 2.58. The van der Waals surface area contributed by atoms with Gasteiger partial charge in [0.25, 0.3) is 0 Å². The predicted molar refractivity (Wildman–Crippen MR) is 56.7 cm³/mol. The van der Waals surface area contributed by atoms with Crippen molar-refractivity contribution in [3.8, 4) is 0 Å². The van der Waals surface area contributed by atoms with Gasteiger partial charge in [-0.2, -0.15) is 0 Å². The smallest absolute Gasteiger partial charge is 0.236 e. The molecule has 0 bridgehead atoms. The number of benzene rings is 1. The van der Waals surface area contributed by atoms with Crippen molar-refractivity contribution in [2.24, 2.45) is 0 Å². The lowest BCUT2D eigenvalue weighted by atomic mass is 10.2. The van der Waals surface area contributed by atoms with Crippen LogP contribution in [0.1, 0.15) is 12.5 Å². The van der Waals surface area contributed by atoms with E-state index in [1.54, 1.807) is 6.92 Å². The lowest BCUT2D eigenvalue weighted by molar-refractivity contribution is -0.122. The molecule has 5 heteroatoms. The molecule has 0 saturated heterocycles. The summed E-state index contributed by atoms with van der Waals surface area (Å²) in [5.74, 6) is -1.40. The van der Waals surface area contributed by atoms with Crippen LogP contribution in [-0.2, 0) is 11.3 Å². The van der Waals surface area contributed by atoms with Gasteiger partial charge in [-0.3, -0.25) is 4.79 Å². The second kappa shape index (κ2) is 5.55. The Morgan fingerprint density at radius 2 is 2.12 bits per heavy atom. The molecule has 1 aromatic carbocycles. The summed E-state index contributed by atoms with van der Waals surface area (Å²) in [4.78, 5) is 11.1. The molecule has 0 aromatic heterocycles. The van der Waals surface area contributed by atoms with Crippen molar-refractivity contribution >= 4 is 5.91 Å². The van der Waals surface area contributed by atoms with Gasteiger partial charge in [-0.15, -0.1) is 0 Å². The summed E-state index contributed by atoms with van der Waals surface area (Å²) in [7, 11) is 1.53. The van der Waals surface area contributed by atoms with Crippen molar-refractivity contribution in [3.63, 3.8) is 0 Å². The predicted octanol–water partition coefficient (Wildman–Crippen LogP) is 1.19. The first-order chi connectivity index (χ1) is 7.54. The van der Waals surface area contributed by atoms with Crippen LogP contribution >= 0.6 is 0 Å². The number of likely N-dealkylation sites (N-methyl/N-ethyl adjacent to an activating group) is 1. The quantitative estimate of drug-likeness (QED) is 0.812. The van der Waals surface area contributed by atoms with Crippen LogP contribution in [0.4, 0.5) is 8.78 Å². The normalized spacial score (nSPS) is 12.2.